The van der Waals surface area contributed by atoms with E-state index in [1.165, 1.54) is 24.3 Å². The molecular weight excluding hydrogens is 368 g/mol. The van der Waals surface area contributed by atoms with E-state index in [0.717, 1.165) is 18.2 Å². The number of hydrogen-bond acceptors (Lipinski definition) is 3. The third kappa shape index (κ3) is 3.53. The van der Waals surface area contributed by atoms with Gasteiger partial charge in [-0.25, -0.2) is 4.39 Å². The van der Waals surface area contributed by atoms with Crippen LogP contribution in [0.2, 0.25) is 0 Å². The summed E-state index contributed by atoms with van der Waals surface area (Å²) in [6.45, 7) is -0.383. The molecule has 0 spiro atoms. The van der Waals surface area contributed by atoms with Crippen LogP contribution < -0.4 is 5.32 Å². The number of nitrogens with zero attached hydrogens (tertiary/aromatic N) is 1. The Bertz CT molecular complexity index is 940. The van der Waals surface area contributed by atoms with Gasteiger partial charge in [0.15, 0.2) is 0 Å². The van der Waals surface area contributed by atoms with Gasteiger partial charge < -0.3 is 5.32 Å². The topological polar surface area (TPSA) is 66.5 Å². The number of imide groups is 1. The van der Waals surface area contributed by atoms with Crippen molar-refractivity contribution in [3.63, 3.8) is 0 Å². The largest absolute Gasteiger partial charge is 0.418 e. The molecule has 1 aliphatic heterocycles. The molecule has 0 radical (unpaired) electrons. The van der Waals surface area contributed by atoms with Gasteiger partial charge in [-0.1, -0.05) is 18.2 Å². The zero-order valence-corrected chi connectivity index (χ0v) is 13.6. The minimum atomic E-state index is -4.65. The van der Waals surface area contributed by atoms with Crippen molar-refractivity contribution in [1.29, 1.82) is 0 Å². The highest BCUT2D eigenvalue weighted by Gasteiger charge is 2.38. The van der Waals surface area contributed by atoms with Crippen LogP contribution in [0.4, 0.5) is 23.2 Å². The Balaban J connectivity index is 1.69. The molecule has 5 nitrogen and oxygen atoms in total. The van der Waals surface area contributed by atoms with Crippen LogP contribution in [0.5, 0.6) is 0 Å². The summed E-state index contributed by atoms with van der Waals surface area (Å²) in [5.74, 6) is -3.30. The highest BCUT2D eigenvalue weighted by Crippen LogP contribution is 2.34. The van der Waals surface area contributed by atoms with E-state index < -0.39 is 47.4 Å². The Kier molecular flexibility index (Phi) is 4.69. The second-order valence-electron chi connectivity index (χ2n) is 5.77. The fourth-order valence-corrected chi connectivity index (χ4v) is 2.76. The van der Waals surface area contributed by atoms with Gasteiger partial charge >= 0.3 is 6.18 Å². The van der Waals surface area contributed by atoms with E-state index in [9.17, 15) is 31.9 Å². The molecule has 0 fully saturated rings. The van der Waals surface area contributed by atoms with Gasteiger partial charge in [0, 0.05) is 13.0 Å². The SMILES string of the molecule is O=C(CCN1C(=O)c2cccc(F)c2C1=O)Nc1ccccc1C(F)(F)F. The highest BCUT2D eigenvalue weighted by molar-refractivity contribution is 6.21. The molecule has 1 N–H and O–H groups in total. The average molecular weight is 380 g/mol. The summed E-state index contributed by atoms with van der Waals surface area (Å²) in [5, 5.41) is 2.12. The summed E-state index contributed by atoms with van der Waals surface area (Å²) < 4.78 is 52.6. The molecule has 0 saturated carbocycles. The van der Waals surface area contributed by atoms with Crippen LogP contribution in [0.1, 0.15) is 32.7 Å². The first-order valence-corrected chi connectivity index (χ1v) is 7.81. The zero-order valence-electron chi connectivity index (χ0n) is 13.6. The molecule has 0 bridgehead atoms. The Hall–Kier alpha value is -3.23. The maximum atomic E-state index is 13.7. The smallest absolute Gasteiger partial charge is 0.325 e. The Morgan fingerprint density at radius 2 is 1.70 bits per heavy atom. The van der Waals surface area contributed by atoms with Crippen molar-refractivity contribution in [2.75, 3.05) is 11.9 Å². The van der Waals surface area contributed by atoms with Crippen molar-refractivity contribution in [2.24, 2.45) is 0 Å². The van der Waals surface area contributed by atoms with E-state index in [4.69, 9.17) is 0 Å². The van der Waals surface area contributed by atoms with Crippen LogP contribution in [-0.2, 0) is 11.0 Å². The number of rotatable bonds is 4. The summed E-state index contributed by atoms with van der Waals surface area (Å²) in [7, 11) is 0. The van der Waals surface area contributed by atoms with Crippen molar-refractivity contribution in [1.82, 2.24) is 4.90 Å². The van der Waals surface area contributed by atoms with Gasteiger partial charge in [-0.15, -0.1) is 0 Å². The van der Waals surface area contributed by atoms with Gasteiger partial charge in [0.1, 0.15) is 5.82 Å². The number of fused-ring (bicyclic) bond motifs is 1. The third-order valence-electron chi connectivity index (χ3n) is 4.02. The number of amides is 3. The lowest BCUT2D eigenvalue weighted by atomic mass is 10.1. The van der Waals surface area contributed by atoms with Crippen LogP contribution in [0.3, 0.4) is 0 Å². The van der Waals surface area contributed by atoms with Crippen molar-refractivity contribution in [3.05, 3.63) is 65.0 Å². The molecule has 0 aromatic heterocycles. The van der Waals surface area contributed by atoms with E-state index in [-0.39, 0.29) is 17.7 Å². The maximum absolute atomic E-state index is 13.7. The van der Waals surface area contributed by atoms with Crippen LogP contribution in [-0.4, -0.2) is 29.2 Å². The first kappa shape index (κ1) is 18.6. The van der Waals surface area contributed by atoms with Crippen LogP contribution >= 0.6 is 0 Å². The molecule has 3 amide bonds. The lowest BCUT2D eigenvalue weighted by Crippen LogP contribution is -2.33. The van der Waals surface area contributed by atoms with E-state index in [1.807, 2.05) is 0 Å². The minimum Gasteiger partial charge on any atom is -0.325 e. The lowest BCUT2D eigenvalue weighted by Gasteiger charge is -2.15. The number of anilines is 1. The van der Waals surface area contributed by atoms with Gasteiger partial charge in [0.2, 0.25) is 5.91 Å². The van der Waals surface area contributed by atoms with Crippen LogP contribution in [0.15, 0.2) is 42.5 Å². The molecule has 0 saturated heterocycles. The van der Waals surface area contributed by atoms with Gasteiger partial charge in [-0.3, -0.25) is 19.3 Å². The predicted molar refractivity (Wildman–Crippen MR) is 86.5 cm³/mol. The molecule has 3 rings (SSSR count). The quantitative estimate of drug-likeness (QED) is 0.653. The predicted octanol–water partition coefficient (Wildman–Crippen LogP) is 3.47. The van der Waals surface area contributed by atoms with Gasteiger partial charge in [-0.2, -0.15) is 13.2 Å². The molecule has 0 atom stereocenters. The normalized spacial score (nSPS) is 13.7. The monoisotopic (exact) mass is 380 g/mol. The molecular formula is C18H12F4N2O3. The molecule has 0 unspecified atom stereocenters. The van der Waals surface area contributed by atoms with Gasteiger partial charge in [-0.05, 0) is 24.3 Å². The standard InChI is InChI=1S/C18H12F4N2O3/c19-12-6-3-4-10-15(12)17(27)24(16(10)26)9-8-14(25)23-13-7-2-1-5-11(13)18(20,21)22/h1-7H,8-9H2,(H,23,25). The molecule has 27 heavy (non-hydrogen) atoms. The number of carbonyl (C=O) groups excluding carboxylic acids is 3. The summed E-state index contributed by atoms with van der Waals surface area (Å²) in [4.78, 5) is 37.0. The second kappa shape index (κ2) is 6.82. The fraction of sp³-hybridized carbons (Fsp3) is 0.167. The molecule has 2 aromatic carbocycles. The number of alkyl halides is 3. The van der Waals surface area contributed by atoms with Gasteiger partial charge in [0.05, 0.1) is 22.4 Å². The van der Waals surface area contributed by atoms with E-state index >= 15 is 0 Å². The second-order valence-corrected chi connectivity index (χ2v) is 5.77. The van der Waals surface area contributed by atoms with Crippen molar-refractivity contribution in [3.8, 4) is 0 Å². The number of nitrogens with one attached hydrogen (secondary N) is 1. The fourth-order valence-electron chi connectivity index (χ4n) is 2.76. The number of carbonyl (C=O) groups is 3. The average Bonchev–Trinajstić information content (AvgIpc) is 2.84. The number of hydrogen-bond donors (Lipinski definition) is 1. The maximum Gasteiger partial charge on any atom is 0.418 e. The first-order chi connectivity index (χ1) is 12.7. The molecule has 1 heterocycles. The number of halogens is 4. The summed E-state index contributed by atoms with van der Waals surface area (Å²) in [5.41, 5.74) is -1.92. The molecule has 2 aromatic rings. The van der Waals surface area contributed by atoms with Crippen molar-refractivity contribution < 1.29 is 31.9 Å². The van der Waals surface area contributed by atoms with E-state index in [2.05, 4.69) is 5.32 Å². The zero-order chi connectivity index (χ0) is 19.8. The highest BCUT2D eigenvalue weighted by atomic mass is 19.4. The Morgan fingerprint density at radius 1 is 1.00 bits per heavy atom. The molecule has 9 heteroatoms. The Morgan fingerprint density at radius 3 is 2.37 bits per heavy atom. The summed E-state index contributed by atoms with van der Waals surface area (Å²) >= 11 is 0. The molecule has 140 valence electrons. The third-order valence-corrected chi connectivity index (χ3v) is 4.02. The van der Waals surface area contributed by atoms with Crippen LogP contribution in [0, 0.1) is 5.82 Å². The minimum absolute atomic E-state index is 0.108. The van der Waals surface area contributed by atoms with E-state index in [0.29, 0.717) is 4.90 Å². The lowest BCUT2D eigenvalue weighted by molar-refractivity contribution is -0.137. The first-order valence-electron chi connectivity index (χ1n) is 7.81. The molecule has 1 aliphatic rings. The van der Waals surface area contributed by atoms with Crippen LogP contribution in [0.25, 0.3) is 0 Å². The molecule has 0 aliphatic carbocycles. The van der Waals surface area contributed by atoms with Crippen molar-refractivity contribution >= 4 is 23.4 Å². The number of benzene rings is 2. The van der Waals surface area contributed by atoms with Crippen molar-refractivity contribution in [2.45, 2.75) is 12.6 Å². The van der Waals surface area contributed by atoms with Gasteiger partial charge in [0.25, 0.3) is 11.8 Å². The van der Waals surface area contributed by atoms with E-state index in [1.54, 1.807) is 0 Å². The number of para-hydroxylation sites is 1. The Labute approximate surface area is 150 Å². The summed E-state index contributed by atoms with van der Waals surface area (Å²) in [6, 6.07) is 8.04. The summed E-state index contributed by atoms with van der Waals surface area (Å²) in [6.07, 6.45) is -5.08.